The summed E-state index contributed by atoms with van der Waals surface area (Å²) in [5.41, 5.74) is 0.718. The predicted octanol–water partition coefficient (Wildman–Crippen LogP) is 2.01. The van der Waals surface area contributed by atoms with Crippen molar-refractivity contribution in [2.45, 2.75) is 26.1 Å². The largest absolute Gasteiger partial charge is 0.497 e. The first-order valence-corrected chi connectivity index (χ1v) is 6.73. The van der Waals surface area contributed by atoms with Gasteiger partial charge in [0.05, 0.1) is 14.2 Å². The minimum absolute atomic E-state index is 0.110. The number of carbonyl (C=O) groups is 2. The molecule has 0 spiro atoms. The summed E-state index contributed by atoms with van der Waals surface area (Å²) in [5, 5.41) is 0. The van der Waals surface area contributed by atoms with E-state index >= 15 is 0 Å². The number of hydrogen-bond donors (Lipinski definition) is 0. The summed E-state index contributed by atoms with van der Waals surface area (Å²) in [6.07, 6.45) is 1.82. The molecular formula is C16H18O6. The molecule has 1 saturated heterocycles. The fourth-order valence-corrected chi connectivity index (χ4v) is 2.03. The van der Waals surface area contributed by atoms with Crippen LogP contribution in [0.5, 0.6) is 11.5 Å². The second-order valence-electron chi connectivity index (χ2n) is 5.22. The highest BCUT2D eigenvalue weighted by Crippen LogP contribution is 2.25. The molecule has 118 valence electrons. The molecule has 0 unspecified atom stereocenters. The van der Waals surface area contributed by atoms with E-state index in [0.717, 1.165) is 5.56 Å². The number of ether oxygens (including phenoxy) is 4. The molecule has 0 aromatic heterocycles. The van der Waals surface area contributed by atoms with Gasteiger partial charge in [0.1, 0.15) is 17.1 Å². The number of carbonyl (C=O) groups excluding carboxylic acids is 2. The quantitative estimate of drug-likeness (QED) is 0.481. The lowest BCUT2D eigenvalue weighted by molar-refractivity contribution is -0.222. The van der Waals surface area contributed by atoms with Crippen LogP contribution in [0.15, 0.2) is 29.8 Å². The standard InChI is InChI=1S/C16H18O6/c1-16(2)21-14(17)13(15(18)22-16)6-5-10-7-11(19-3)9-12(8-10)20-4/h6-9H,5H2,1-4H3. The van der Waals surface area contributed by atoms with Gasteiger partial charge in [0.25, 0.3) is 5.79 Å². The van der Waals surface area contributed by atoms with Gasteiger partial charge in [-0.3, -0.25) is 0 Å². The van der Waals surface area contributed by atoms with Gasteiger partial charge in [0.2, 0.25) is 0 Å². The van der Waals surface area contributed by atoms with Crippen LogP contribution in [0.25, 0.3) is 0 Å². The van der Waals surface area contributed by atoms with Crippen LogP contribution in [-0.2, 0) is 25.5 Å². The molecule has 0 N–H and O–H groups in total. The maximum atomic E-state index is 11.8. The highest BCUT2D eigenvalue weighted by molar-refractivity contribution is 6.15. The number of allylic oxidation sites excluding steroid dienone is 1. The lowest BCUT2D eigenvalue weighted by Gasteiger charge is -2.29. The summed E-state index contributed by atoms with van der Waals surface area (Å²) in [6, 6.07) is 5.33. The average Bonchev–Trinajstić information content (AvgIpc) is 2.44. The van der Waals surface area contributed by atoms with E-state index in [4.69, 9.17) is 18.9 Å². The van der Waals surface area contributed by atoms with Crippen LogP contribution < -0.4 is 9.47 Å². The molecule has 0 radical (unpaired) electrons. The Bertz CT molecular complexity index is 585. The molecule has 6 nitrogen and oxygen atoms in total. The van der Waals surface area contributed by atoms with Crippen molar-refractivity contribution in [1.82, 2.24) is 0 Å². The van der Waals surface area contributed by atoms with Crippen molar-refractivity contribution in [1.29, 1.82) is 0 Å². The Morgan fingerprint density at radius 1 is 1.00 bits per heavy atom. The lowest BCUT2D eigenvalue weighted by atomic mass is 10.1. The van der Waals surface area contributed by atoms with E-state index in [0.29, 0.717) is 17.9 Å². The van der Waals surface area contributed by atoms with Gasteiger partial charge in [-0.05, 0) is 24.1 Å². The lowest BCUT2D eigenvalue weighted by Crippen LogP contribution is -2.41. The fraction of sp³-hybridized carbons (Fsp3) is 0.375. The zero-order chi connectivity index (χ0) is 16.3. The Labute approximate surface area is 128 Å². The second-order valence-corrected chi connectivity index (χ2v) is 5.22. The Kier molecular flexibility index (Phi) is 4.40. The Hall–Kier alpha value is -2.50. The topological polar surface area (TPSA) is 71.1 Å². The summed E-state index contributed by atoms with van der Waals surface area (Å²) in [7, 11) is 3.10. The third kappa shape index (κ3) is 3.58. The maximum Gasteiger partial charge on any atom is 0.348 e. The predicted molar refractivity (Wildman–Crippen MR) is 77.6 cm³/mol. The Morgan fingerprint density at radius 3 is 1.95 bits per heavy atom. The first kappa shape index (κ1) is 15.9. The summed E-state index contributed by atoms with van der Waals surface area (Å²) < 4.78 is 20.4. The molecule has 1 aliphatic heterocycles. The molecule has 0 atom stereocenters. The van der Waals surface area contributed by atoms with Crippen LogP contribution in [0.1, 0.15) is 19.4 Å². The van der Waals surface area contributed by atoms with Gasteiger partial charge in [0.15, 0.2) is 0 Å². The fourth-order valence-electron chi connectivity index (χ4n) is 2.03. The van der Waals surface area contributed by atoms with E-state index in [-0.39, 0.29) is 5.57 Å². The van der Waals surface area contributed by atoms with Crippen LogP contribution in [0, 0.1) is 0 Å². The van der Waals surface area contributed by atoms with Gasteiger partial charge in [-0.25, -0.2) is 9.59 Å². The van der Waals surface area contributed by atoms with Gasteiger partial charge in [-0.2, -0.15) is 0 Å². The molecule has 6 heteroatoms. The van der Waals surface area contributed by atoms with Crippen LogP contribution in [-0.4, -0.2) is 31.9 Å². The third-order valence-electron chi connectivity index (χ3n) is 3.07. The van der Waals surface area contributed by atoms with Crippen molar-refractivity contribution in [3.8, 4) is 11.5 Å². The average molecular weight is 306 g/mol. The number of esters is 2. The van der Waals surface area contributed by atoms with Gasteiger partial charge >= 0.3 is 11.9 Å². The van der Waals surface area contributed by atoms with Crippen LogP contribution >= 0.6 is 0 Å². The number of hydrogen-bond acceptors (Lipinski definition) is 6. The van der Waals surface area contributed by atoms with E-state index in [1.54, 1.807) is 32.4 Å². The Morgan fingerprint density at radius 2 is 1.50 bits per heavy atom. The highest BCUT2D eigenvalue weighted by Gasteiger charge is 2.38. The molecule has 0 amide bonds. The minimum Gasteiger partial charge on any atom is -0.497 e. The molecule has 1 heterocycles. The third-order valence-corrected chi connectivity index (χ3v) is 3.07. The van der Waals surface area contributed by atoms with Crippen LogP contribution in [0.3, 0.4) is 0 Å². The number of cyclic esters (lactones) is 2. The molecule has 2 rings (SSSR count). The zero-order valence-electron chi connectivity index (χ0n) is 13.0. The van der Waals surface area contributed by atoms with E-state index < -0.39 is 17.7 Å². The van der Waals surface area contributed by atoms with E-state index in [1.165, 1.54) is 19.9 Å². The van der Waals surface area contributed by atoms with E-state index in [9.17, 15) is 9.59 Å². The normalized spacial score (nSPS) is 16.6. The van der Waals surface area contributed by atoms with Crippen molar-refractivity contribution in [3.05, 3.63) is 35.4 Å². The number of methoxy groups -OCH3 is 2. The molecule has 0 aliphatic carbocycles. The molecular weight excluding hydrogens is 288 g/mol. The van der Waals surface area contributed by atoms with Crippen molar-refractivity contribution < 1.29 is 28.5 Å². The summed E-state index contributed by atoms with van der Waals surface area (Å²) in [5.74, 6) is -1.34. The number of benzene rings is 1. The van der Waals surface area contributed by atoms with E-state index in [1.807, 2.05) is 0 Å². The van der Waals surface area contributed by atoms with Crippen LogP contribution in [0.2, 0.25) is 0 Å². The summed E-state index contributed by atoms with van der Waals surface area (Å²) >= 11 is 0. The molecule has 1 aromatic rings. The molecule has 0 saturated carbocycles. The molecule has 1 aliphatic rings. The molecule has 22 heavy (non-hydrogen) atoms. The first-order chi connectivity index (χ1) is 10.3. The molecule has 1 aromatic carbocycles. The van der Waals surface area contributed by atoms with Crippen molar-refractivity contribution in [3.63, 3.8) is 0 Å². The highest BCUT2D eigenvalue weighted by atomic mass is 16.7. The van der Waals surface area contributed by atoms with E-state index in [2.05, 4.69) is 0 Å². The monoisotopic (exact) mass is 306 g/mol. The second kappa shape index (κ2) is 6.09. The summed E-state index contributed by atoms with van der Waals surface area (Å²) in [6.45, 7) is 3.01. The Balaban J connectivity index is 2.21. The van der Waals surface area contributed by atoms with Gasteiger partial charge in [-0.15, -0.1) is 0 Å². The van der Waals surface area contributed by atoms with Crippen LogP contribution in [0.4, 0.5) is 0 Å². The maximum absolute atomic E-state index is 11.8. The number of rotatable bonds is 4. The smallest absolute Gasteiger partial charge is 0.348 e. The molecule has 0 bridgehead atoms. The van der Waals surface area contributed by atoms with Crippen molar-refractivity contribution in [2.75, 3.05) is 14.2 Å². The molecule has 1 fully saturated rings. The summed E-state index contributed by atoms with van der Waals surface area (Å²) in [4.78, 5) is 23.7. The SMILES string of the molecule is COc1cc(CC=C2C(=O)OC(C)(C)OC2=O)cc(OC)c1. The zero-order valence-corrected chi connectivity index (χ0v) is 13.0. The van der Waals surface area contributed by atoms with Gasteiger partial charge < -0.3 is 18.9 Å². The van der Waals surface area contributed by atoms with Crippen molar-refractivity contribution in [2.24, 2.45) is 0 Å². The van der Waals surface area contributed by atoms with Crippen molar-refractivity contribution >= 4 is 11.9 Å². The first-order valence-electron chi connectivity index (χ1n) is 6.73. The minimum atomic E-state index is -1.23. The van der Waals surface area contributed by atoms with Gasteiger partial charge in [-0.1, -0.05) is 6.08 Å². The van der Waals surface area contributed by atoms with Gasteiger partial charge in [0, 0.05) is 19.9 Å².